The van der Waals surface area contributed by atoms with E-state index >= 15 is 0 Å². The van der Waals surface area contributed by atoms with E-state index in [0.717, 1.165) is 28.7 Å². The van der Waals surface area contributed by atoms with E-state index in [2.05, 4.69) is 34.9 Å². The topological polar surface area (TPSA) is 105 Å². The van der Waals surface area contributed by atoms with E-state index in [1.165, 1.54) is 6.92 Å². The minimum absolute atomic E-state index is 0.0291. The Morgan fingerprint density at radius 2 is 1.62 bits per heavy atom. The molecule has 0 aliphatic heterocycles. The molecule has 2 aromatic carbocycles. The van der Waals surface area contributed by atoms with Gasteiger partial charge in [-0.2, -0.15) is 0 Å². The van der Waals surface area contributed by atoms with Crippen LogP contribution in [0, 0.1) is 5.92 Å². The zero-order chi connectivity index (χ0) is 23.1. The van der Waals surface area contributed by atoms with Crippen LogP contribution in [0.2, 0.25) is 0 Å². The number of aliphatic carboxylic acids is 1. The van der Waals surface area contributed by atoms with Crippen molar-refractivity contribution in [1.82, 2.24) is 10.6 Å². The summed E-state index contributed by atoms with van der Waals surface area (Å²) in [5.41, 5.74) is 4.60. The highest BCUT2D eigenvalue weighted by Gasteiger charge is 2.29. The average molecular weight is 439 g/mol. The molecule has 1 aliphatic rings. The molecule has 32 heavy (non-hydrogen) atoms. The van der Waals surface area contributed by atoms with Crippen LogP contribution in [-0.4, -0.2) is 42.3 Å². The molecule has 0 saturated carbocycles. The highest BCUT2D eigenvalue weighted by molar-refractivity contribution is 5.80. The highest BCUT2D eigenvalue weighted by atomic mass is 16.5. The maximum Gasteiger partial charge on any atom is 0.407 e. The smallest absolute Gasteiger partial charge is 0.407 e. The standard InChI is InChI=1S/C25H30N2O5/c1-3-8-17(13-23(28)26-14-16(2)24(29)30)27-25(31)32-15-22-20-11-6-4-9-18(20)19-10-5-7-12-21(19)22/h4-7,9-12,16-17,22H,3,8,13-15H2,1-2H3,(H,26,28)(H,27,31)(H,29,30)/t16?,17-/m0/s1. The Bertz CT molecular complexity index is 929. The molecule has 0 bridgehead atoms. The van der Waals surface area contributed by atoms with Crippen molar-refractivity contribution in [3.05, 3.63) is 59.7 Å². The predicted octanol–water partition coefficient (Wildman–Crippen LogP) is 3.92. The Kier molecular flexibility index (Phi) is 7.87. The molecule has 0 spiro atoms. The second-order valence-electron chi connectivity index (χ2n) is 8.20. The molecule has 170 valence electrons. The molecule has 2 aromatic rings. The summed E-state index contributed by atoms with van der Waals surface area (Å²) in [6.07, 6.45) is 0.917. The number of hydrogen-bond acceptors (Lipinski definition) is 4. The van der Waals surface area contributed by atoms with Gasteiger partial charge in [0.1, 0.15) is 6.61 Å². The number of alkyl carbamates (subject to hydrolysis) is 1. The summed E-state index contributed by atoms with van der Waals surface area (Å²) in [7, 11) is 0. The van der Waals surface area contributed by atoms with Crippen LogP contribution in [0.3, 0.4) is 0 Å². The first kappa shape index (κ1) is 23.3. The van der Waals surface area contributed by atoms with Gasteiger partial charge in [-0.3, -0.25) is 9.59 Å². The number of carbonyl (C=O) groups excluding carboxylic acids is 2. The van der Waals surface area contributed by atoms with Crippen LogP contribution in [0.25, 0.3) is 11.1 Å². The van der Waals surface area contributed by atoms with Gasteiger partial charge in [0.25, 0.3) is 0 Å². The van der Waals surface area contributed by atoms with E-state index < -0.39 is 18.0 Å². The number of nitrogens with one attached hydrogen (secondary N) is 2. The molecule has 1 unspecified atom stereocenters. The third kappa shape index (κ3) is 5.66. The van der Waals surface area contributed by atoms with Crippen molar-refractivity contribution in [1.29, 1.82) is 0 Å². The van der Waals surface area contributed by atoms with Crippen LogP contribution >= 0.6 is 0 Å². The van der Waals surface area contributed by atoms with Crippen LogP contribution < -0.4 is 10.6 Å². The summed E-state index contributed by atoms with van der Waals surface area (Å²) < 4.78 is 5.57. The lowest BCUT2D eigenvalue weighted by Gasteiger charge is -2.19. The number of benzene rings is 2. The molecule has 2 atom stereocenters. The first-order valence-corrected chi connectivity index (χ1v) is 11.0. The van der Waals surface area contributed by atoms with Gasteiger partial charge in [-0.1, -0.05) is 68.8 Å². The van der Waals surface area contributed by atoms with Crippen molar-refractivity contribution in [2.75, 3.05) is 13.2 Å². The highest BCUT2D eigenvalue weighted by Crippen LogP contribution is 2.44. The number of amides is 2. The summed E-state index contributed by atoms with van der Waals surface area (Å²) in [4.78, 5) is 35.6. The van der Waals surface area contributed by atoms with Gasteiger partial charge in [0.15, 0.2) is 0 Å². The van der Waals surface area contributed by atoms with Crippen molar-refractivity contribution in [2.24, 2.45) is 5.92 Å². The number of carboxylic acids is 1. The summed E-state index contributed by atoms with van der Waals surface area (Å²) in [6, 6.07) is 15.9. The fraction of sp³-hybridized carbons (Fsp3) is 0.400. The van der Waals surface area contributed by atoms with Gasteiger partial charge in [0.2, 0.25) is 5.91 Å². The molecule has 0 heterocycles. The van der Waals surface area contributed by atoms with Gasteiger partial charge in [0, 0.05) is 24.9 Å². The quantitative estimate of drug-likeness (QED) is 0.521. The molecule has 1 aliphatic carbocycles. The van der Waals surface area contributed by atoms with Crippen LogP contribution in [0.15, 0.2) is 48.5 Å². The van der Waals surface area contributed by atoms with E-state index in [9.17, 15) is 14.4 Å². The molecule has 2 amide bonds. The minimum atomic E-state index is -0.966. The fourth-order valence-electron chi connectivity index (χ4n) is 4.03. The Morgan fingerprint density at radius 3 is 2.19 bits per heavy atom. The predicted molar refractivity (Wildman–Crippen MR) is 121 cm³/mol. The Balaban J connectivity index is 1.56. The van der Waals surface area contributed by atoms with Crippen LogP contribution in [0.4, 0.5) is 4.79 Å². The number of ether oxygens (including phenoxy) is 1. The minimum Gasteiger partial charge on any atom is -0.481 e. The lowest BCUT2D eigenvalue weighted by molar-refractivity contribution is -0.141. The number of rotatable bonds is 10. The molecule has 7 nitrogen and oxygen atoms in total. The molecular formula is C25H30N2O5. The number of fused-ring (bicyclic) bond motifs is 3. The van der Waals surface area contributed by atoms with E-state index in [1.54, 1.807) is 0 Å². The SMILES string of the molecule is CCC[C@@H](CC(=O)NCC(C)C(=O)O)NC(=O)OCC1c2ccccc2-c2ccccc21. The average Bonchev–Trinajstić information content (AvgIpc) is 3.10. The van der Waals surface area contributed by atoms with E-state index in [1.807, 2.05) is 31.2 Å². The largest absolute Gasteiger partial charge is 0.481 e. The van der Waals surface area contributed by atoms with Gasteiger partial charge >= 0.3 is 12.1 Å². The third-order valence-electron chi connectivity index (χ3n) is 5.76. The fourth-order valence-corrected chi connectivity index (χ4v) is 4.03. The van der Waals surface area contributed by atoms with Crippen molar-refractivity contribution in [3.8, 4) is 11.1 Å². The monoisotopic (exact) mass is 438 g/mol. The van der Waals surface area contributed by atoms with E-state index in [4.69, 9.17) is 9.84 Å². The molecule has 3 rings (SSSR count). The molecule has 7 heteroatoms. The van der Waals surface area contributed by atoms with Crippen LogP contribution in [0.1, 0.15) is 50.2 Å². The van der Waals surface area contributed by atoms with Gasteiger partial charge in [-0.05, 0) is 28.7 Å². The van der Waals surface area contributed by atoms with E-state index in [0.29, 0.717) is 6.42 Å². The van der Waals surface area contributed by atoms with Gasteiger partial charge < -0.3 is 20.5 Å². The summed E-state index contributed by atoms with van der Waals surface area (Å²) >= 11 is 0. The lowest BCUT2D eigenvalue weighted by atomic mass is 9.98. The maximum absolute atomic E-state index is 12.5. The molecule has 0 aromatic heterocycles. The Hall–Kier alpha value is -3.35. The van der Waals surface area contributed by atoms with Crippen molar-refractivity contribution < 1.29 is 24.2 Å². The third-order valence-corrected chi connectivity index (χ3v) is 5.76. The van der Waals surface area contributed by atoms with E-state index in [-0.39, 0.29) is 37.4 Å². The van der Waals surface area contributed by atoms with Crippen molar-refractivity contribution >= 4 is 18.0 Å². The summed E-state index contributed by atoms with van der Waals surface area (Å²) in [6.45, 7) is 3.76. The maximum atomic E-state index is 12.5. The normalized spacial score (nSPS) is 14.1. The number of carbonyl (C=O) groups is 3. The second kappa shape index (κ2) is 10.8. The Morgan fingerprint density at radius 1 is 1.03 bits per heavy atom. The number of carboxylic acid groups (broad SMARTS) is 1. The lowest BCUT2D eigenvalue weighted by Crippen LogP contribution is -2.41. The Labute approximate surface area is 188 Å². The molecule has 0 radical (unpaired) electrons. The molecule has 3 N–H and O–H groups in total. The zero-order valence-electron chi connectivity index (χ0n) is 18.5. The van der Waals surface area contributed by atoms with Crippen LogP contribution in [0.5, 0.6) is 0 Å². The first-order valence-electron chi connectivity index (χ1n) is 11.0. The zero-order valence-corrected chi connectivity index (χ0v) is 18.5. The molecule has 0 saturated heterocycles. The second-order valence-corrected chi connectivity index (χ2v) is 8.20. The summed E-state index contributed by atoms with van der Waals surface area (Å²) in [5.74, 6) is -1.96. The first-order chi connectivity index (χ1) is 15.4. The molecular weight excluding hydrogens is 408 g/mol. The van der Waals surface area contributed by atoms with Gasteiger partial charge in [-0.25, -0.2) is 4.79 Å². The van der Waals surface area contributed by atoms with Crippen molar-refractivity contribution in [3.63, 3.8) is 0 Å². The van der Waals surface area contributed by atoms with Crippen molar-refractivity contribution in [2.45, 2.75) is 45.1 Å². The van der Waals surface area contributed by atoms with Gasteiger partial charge in [0.05, 0.1) is 5.92 Å². The van der Waals surface area contributed by atoms with Crippen LogP contribution in [-0.2, 0) is 14.3 Å². The molecule has 0 fully saturated rings. The number of hydrogen-bond donors (Lipinski definition) is 3. The summed E-state index contributed by atoms with van der Waals surface area (Å²) in [5, 5.41) is 14.3. The van der Waals surface area contributed by atoms with Gasteiger partial charge in [-0.15, -0.1) is 0 Å².